The average Bonchev–Trinajstić information content (AvgIpc) is 3.14. The van der Waals surface area contributed by atoms with Crippen LogP contribution in [0.4, 0.5) is 0 Å². The van der Waals surface area contributed by atoms with Gasteiger partial charge in [-0.15, -0.1) is 0 Å². The van der Waals surface area contributed by atoms with Crippen LogP contribution in [-0.2, 0) is 17.6 Å². The van der Waals surface area contributed by atoms with E-state index in [1.54, 1.807) is 43.4 Å². The third-order valence-electron chi connectivity index (χ3n) is 4.79. The minimum atomic E-state index is -0.713. The first-order valence-corrected chi connectivity index (χ1v) is 9.21. The van der Waals surface area contributed by atoms with E-state index in [4.69, 9.17) is 0 Å². The van der Waals surface area contributed by atoms with Crippen LogP contribution < -0.4 is 5.32 Å². The molecule has 7 heteroatoms. The zero-order valence-corrected chi connectivity index (χ0v) is 15.7. The highest BCUT2D eigenvalue weighted by Crippen LogP contribution is 2.17. The number of hydrogen-bond acceptors (Lipinski definition) is 4. The summed E-state index contributed by atoms with van der Waals surface area (Å²) < 4.78 is 0. The topological polar surface area (TPSA) is 98.3 Å². The van der Waals surface area contributed by atoms with Crippen LogP contribution in [0.1, 0.15) is 41.9 Å². The minimum absolute atomic E-state index is 0.147. The van der Waals surface area contributed by atoms with Gasteiger partial charge in [-0.1, -0.05) is 12.1 Å². The molecule has 0 aliphatic carbocycles. The molecule has 1 saturated heterocycles. The fourth-order valence-corrected chi connectivity index (χ4v) is 3.20. The Hall–Kier alpha value is -2.67. The molecule has 1 aliphatic rings. The number of aromatic nitrogens is 2. The lowest BCUT2D eigenvalue weighted by atomic mass is 9.98. The summed E-state index contributed by atoms with van der Waals surface area (Å²) in [5.41, 5.74) is 1.73. The molecule has 1 fully saturated rings. The Bertz CT molecular complexity index is 779. The first-order valence-electron chi connectivity index (χ1n) is 9.21. The van der Waals surface area contributed by atoms with Gasteiger partial charge >= 0.3 is 0 Å². The molecule has 144 valence electrons. The van der Waals surface area contributed by atoms with Crippen molar-refractivity contribution in [2.75, 3.05) is 13.1 Å². The van der Waals surface area contributed by atoms with Gasteiger partial charge < -0.3 is 20.3 Å². The molecule has 0 saturated carbocycles. The summed E-state index contributed by atoms with van der Waals surface area (Å²) in [5, 5.41) is 12.7. The molecule has 27 heavy (non-hydrogen) atoms. The van der Waals surface area contributed by atoms with Gasteiger partial charge in [-0.25, -0.2) is 4.98 Å². The number of piperazine rings is 1. The van der Waals surface area contributed by atoms with Gasteiger partial charge in [-0.2, -0.15) is 0 Å². The van der Waals surface area contributed by atoms with Crippen molar-refractivity contribution in [3.63, 3.8) is 0 Å². The fraction of sp³-hybridized carbons (Fsp3) is 0.450. The number of nitrogens with zero attached hydrogens (tertiary/aromatic N) is 2. The Labute approximate surface area is 158 Å². The predicted molar refractivity (Wildman–Crippen MR) is 101 cm³/mol. The summed E-state index contributed by atoms with van der Waals surface area (Å²) in [6.07, 6.45) is 5.03. The van der Waals surface area contributed by atoms with Crippen LogP contribution in [0, 0.1) is 0 Å². The van der Waals surface area contributed by atoms with Crippen molar-refractivity contribution < 1.29 is 14.7 Å². The molecule has 2 amide bonds. The molecule has 3 N–H and O–H groups in total. The Morgan fingerprint density at radius 2 is 2.07 bits per heavy atom. The second-order valence-electron chi connectivity index (χ2n) is 7.60. The maximum atomic E-state index is 13.0. The second-order valence-corrected chi connectivity index (χ2v) is 7.60. The van der Waals surface area contributed by atoms with Gasteiger partial charge in [0.15, 0.2) is 0 Å². The van der Waals surface area contributed by atoms with E-state index >= 15 is 0 Å². The Morgan fingerprint density at radius 3 is 2.70 bits per heavy atom. The molecule has 1 aliphatic heterocycles. The van der Waals surface area contributed by atoms with Gasteiger partial charge in [0.1, 0.15) is 6.04 Å². The van der Waals surface area contributed by atoms with E-state index in [0.717, 1.165) is 17.7 Å². The highest BCUT2D eigenvalue weighted by molar-refractivity contribution is 5.98. The molecular formula is C20H26N4O3. The largest absolute Gasteiger partial charge is 0.390 e. The maximum Gasteiger partial charge on any atom is 0.254 e. The molecule has 1 aromatic carbocycles. The number of amides is 2. The molecule has 0 spiro atoms. The smallest absolute Gasteiger partial charge is 0.254 e. The van der Waals surface area contributed by atoms with Crippen LogP contribution in [0.15, 0.2) is 36.8 Å². The van der Waals surface area contributed by atoms with E-state index in [1.165, 1.54) is 0 Å². The maximum absolute atomic E-state index is 13.0. The second kappa shape index (κ2) is 7.92. The number of nitrogens with one attached hydrogen (secondary N) is 2. The third-order valence-corrected chi connectivity index (χ3v) is 4.79. The van der Waals surface area contributed by atoms with E-state index in [2.05, 4.69) is 15.3 Å². The van der Waals surface area contributed by atoms with Crippen molar-refractivity contribution in [3.8, 4) is 0 Å². The zero-order chi connectivity index (χ0) is 19.4. The van der Waals surface area contributed by atoms with E-state index in [1.807, 2.05) is 12.1 Å². The number of rotatable bonds is 6. The van der Waals surface area contributed by atoms with Crippen LogP contribution in [0.5, 0.6) is 0 Å². The van der Waals surface area contributed by atoms with Crippen LogP contribution in [0.2, 0.25) is 0 Å². The molecule has 0 bridgehead atoms. The zero-order valence-electron chi connectivity index (χ0n) is 15.7. The molecule has 1 atom stereocenters. The van der Waals surface area contributed by atoms with Crippen molar-refractivity contribution in [1.82, 2.24) is 20.2 Å². The number of aromatic amines is 1. The molecule has 1 unspecified atom stereocenters. The number of aliphatic hydroxyl groups is 1. The Kier molecular flexibility index (Phi) is 5.60. The molecule has 2 aromatic rings. The lowest BCUT2D eigenvalue weighted by Gasteiger charge is -2.35. The molecule has 2 heterocycles. The average molecular weight is 370 g/mol. The molecule has 7 nitrogen and oxygen atoms in total. The molecule has 3 rings (SSSR count). The van der Waals surface area contributed by atoms with Crippen LogP contribution >= 0.6 is 0 Å². The number of carbonyl (C=O) groups excluding carboxylic acids is 2. The summed E-state index contributed by atoms with van der Waals surface area (Å²) in [5.74, 6) is -0.297. The third kappa shape index (κ3) is 4.95. The van der Waals surface area contributed by atoms with Crippen molar-refractivity contribution >= 4 is 11.8 Å². The van der Waals surface area contributed by atoms with Gasteiger partial charge in [-0.05, 0) is 44.4 Å². The number of imidazole rings is 1. The highest BCUT2D eigenvalue weighted by atomic mass is 16.3. The van der Waals surface area contributed by atoms with Crippen molar-refractivity contribution in [2.24, 2.45) is 0 Å². The van der Waals surface area contributed by atoms with E-state index in [0.29, 0.717) is 31.5 Å². The van der Waals surface area contributed by atoms with E-state index in [-0.39, 0.29) is 11.8 Å². The molecule has 1 aromatic heterocycles. The monoisotopic (exact) mass is 370 g/mol. The highest BCUT2D eigenvalue weighted by Gasteiger charge is 2.33. The summed E-state index contributed by atoms with van der Waals surface area (Å²) in [7, 11) is 0. The van der Waals surface area contributed by atoms with E-state index < -0.39 is 11.6 Å². The Morgan fingerprint density at radius 1 is 1.33 bits per heavy atom. The standard InChI is InChI=1S/C20H26N4O3/c1-20(2,27)8-7-14-3-5-15(6-4-14)19(26)24-10-9-22-18(25)17(24)11-16-12-21-13-23-16/h3-6,12-13,17,27H,7-11H2,1-2H3,(H,21,23)(H,22,25). The van der Waals surface area contributed by atoms with Crippen molar-refractivity contribution in [1.29, 1.82) is 0 Å². The summed E-state index contributed by atoms with van der Waals surface area (Å²) >= 11 is 0. The predicted octanol–water partition coefficient (Wildman–Crippen LogP) is 1.30. The van der Waals surface area contributed by atoms with Gasteiger partial charge in [0.25, 0.3) is 5.91 Å². The lowest BCUT2D eigenvalue weighted by molar-refractivity contribution is -0.127. The molecule has 0 radical (unpaired) electrons. The first kappa shape index (κ1) is 19.1. The van der Waals surface area contributed by atoms with Crippen LogP contribution in [0.25, 0.3) is 0 Å². The lowest BCUT2D eigenvalue weighted by Crippen LogP contribution is -2.58. The number of carbonyl (C=O) groups is 2. The van der Waals surface area contributed by atoms with Crippen molar-refractivity contribution in [3.05, 3.63) is 53.6 Å². The van der Waals surface area contributed by atoms with Crippen LogP contribution in [0.3, 0.4) is 0 Å². The van der Waals surface area contributed by atoms with Gasteiger partial charge in [-0.3, -0.25) is 9.59 Å². The summed E-state index contributed by atoms with van der Waals surface area (Å²) in [6.45, 7) is 4.50. The first-order chi connectivity index (χ1) is 12.8. The van der Waals surface area contributed by atoms with Gasteiger partial charge in [0, 0.05) is 37.0 Å². The Balaban J connectivity index is 1.71. The molecular weight excluding hydrogens is 344 g/mol. The van der Waals surface area contributed by atoms with Gasteiger partial charge in [0.05, 0.1) is 11.9 Å². The summed E-state index contributed by atoms with van der Waals surface area (Å²) in [4.78, 5) is 33.9. The normalized spacial score (nSPS) is 17.7. The van der Waals surface area contributed by atoms with Gasteiger partial charge in [0.2, 0.25) is 5.91 Å². The quantitative estimate of drug-likeness (QED) is 0.714. The fourth-order valence-electron chi connectivity index (χ4n) is 3.20. The number of aryl methyl sites for hydroxylation is 1. The number of benzene rings is 1. The summed E-state index contributed by atoms with van der Waals surface area (Å²) in [6, 6.07) is 6.85. The van der Waals surface area contributed by atoms with Crippen molar-refractivity contribution in [2.45, 2.75) is 44.8 Å². The number of H-pyrrole nitrogens is 1. The van der Waals surface area contributed by atoms with E-state index in [9.17, 15) is 14.7 Å². The number of hydrogen-bond donors (Lipinski definition) is 3. The minimum Gasteiger partial charge on any atom is -0.390 e. The van der Waals surface area contributed by atoms with Crippen LogP contribution in [-0.4, -0.2) is 56.5 Å². The SMILES string of the molecule is CC(C)(O)CCc1ccc(C(=O)N2CCNC(=O)C2Cc2cnc[nH]2)cc1.